The van der Waals surface area contributed by atoms with Gasteiger partial charge in [-0.2, -0.15) is 0 Å². The minimum absolute atomic E-state index is 0.0773. The van der Waals surface area contributed by atoms with E-state index < -0.39 is 5.82 Å². The monoisotopic (exact) mass is 312 g/mol. The number of benzene rings is 2. The first-order valence-corrected chi connectivity index (χ1v) is 6.44. The number of nitrogens with one attached hydrogen (secondary N) is 1. The van der Waals surface area contributed by atoms with Crippen LogP contribution in [0.15, 0.2) is 36.4 Å². The van der Waals surface area contributed by atoms with Crippen molar-refractivity contribution < 1.29 is 9.13 Å². The first-order valence-electron chi connectivity index (χ1n) is 5.68. The molecule has 0 saturated carbocycles. The average molecular weight is 313 g/mol. The quantitative estimate of drug-likeness (QED) is 0.662. The van der Waals surface area contributed by atoms with E-state index in [1.165, 1.54) is 18.2 Å². The number of halogens is 3. The summed E-state index contributed by atoms with van der Waals surface area (Å²) in [5.41, 5.74) is 6.08. The number of hydrogen-bond acceptors (Lipinski definition) is 2. The van der Waals surface area contributed by atoms with Gasteiger partial charge in [0, 0.05) is 10.6 Å². The minimum Gasteiger partial charge on any atom is -0.488 e. The third kappa shape index (κ3) is 3.21. The predicted octanol–water partition coefficient (Wildman–Crippen LogP) is 4.00. The van der Waals surface area contributed by atoms with Crippen LogP contribution in [0.3, 0.4) is 0 Å². The Morgan fingerprint density at radius 2 is 2.00 bits per heavy atom. The topological polar surface area (TPSA) is 59.1 Å². The second-order valence-electron chi connectivity index (χ2n) is 4.04. The maximum absolute atomic E-state index is 13.6. The summed E-state index contributed by atoms with van der Waals surface area (Å²) in [6, 6.07) is 9.08. The molecule has 2 rings (SSSR count). The standard InChI is InChI=1S/C14H11Cl2FN2O/c15-8-4-5-9(14(18)19)13(6-8)20-7-10-11(16)2-1-3-12(10)17/h1-6H,7H2,(H3,18,19). The van der Waals surface area contributed by atoms with Crippen molar-refractivity contribution in [3.8, 4) is 5.75 Å². The molecule has 2 aromatic carbocycles. The molecule has 0 fully saturated rings. The maximum atomic E-state index is 13.6. The van der Waals surface area contributed by atoms with E-state index in [-0.39, 0.29) is 23.0 Å². The van der Waals surface area contributed by atoms with Crippen molar-refractivity contribution in [2.24, 2.45) is 5.73 Å². The van der Waals surface area contributed by atoms with Crippen LogP contribution < -0.4 is 10.5 Å². The smallest absolute Gasteiger partial charge is 0.132 e. The van der Waals surface area contributed by atoms with Crippen LogP contribution in [-0.4, -0.2) is 5.84 Å². The van der Waals surface area contributed by atoms with E-state index in [0.29, 0.717) is 16.3 Å². The predicted molar refractivity (Wildman–Crippen MR) is 78.2 cm³/mol. The Bertz CT molecular complexity index is 641. The van der Waals surface area contributed by atoms with Crippen molar-refractivity contribution in [3.05, 3.63) is 63.4 Å². The van der Waals surface area contributed by atoms with Gasteiger partial charge in [-0.1, -0.05) is 29.3 Å². The van der Waals surface area contributed by atoms with Gasteiger partial charge in [-0.15, -0.1) is 0 Å². The lowest BCUT2D eigenvalue weighted by Gasteiger charge is -2.12. The Balaban J connectivity index is 2.27. The zero-order valence-electron chi connectivity index (χ0n) is 10.3. The fourth-order valence-corrected chi connectivity index (χ4v) is 2.04. The lowest BCUT2D eigenvalue weighted by Crippen LogP contribution is -2.13. The molecule has 0 aliphatic carbocycles. The summed E-state index contributed by atoms with van der Waals surface area (Å²) in [7, 11) is 0. The fourth-order valence-electron chi connectivity index (χ4n) is 1.66. The highest BCUT2D eigenvalue weighted by molar-refractivity contribution is 6.31. The van der Waals surface area contributed by atoms with Gasteiger partial charge in [0.25, 0.3) is 0 Å². The molecule has 104 valence electrons. The molecule has 0 heterocycles. The molecule has 2 aromatic rings. The van der Waals surface area contributed by atoms with E-state index in [9.17, 15) is 4.39 Å². The van der Waals surface area contributed by atoms with Crippen LogP contribution in [0.4, 0.5) is 4.39 Å². The summed E-state index contributed by atoms with van der Waals surface area (Å²) in [6.45, 7) is -0.0773. The van der Waals surface area contributed by atoms with E-state index in [1.54, 1.807) is 18.2 Å². The van der Waals surface area contributed by atoms with Gasteiger partial charge in [0.15, 0.2) is 0 Å². The van der Waals surface area contributed by atoms with Crippen LogP contribution in [0.1, 0.15) is 11.1 Å². The van der Waals surface area contributed by atoms with Gasteiger partial charge in [0.2, 0.25) is 0 Å². The van der Waals surface area contributed by atoms with E-state index in [2.05, 4.69) is 0 Å². The fraction of sp³-hybridized carbons (Fsp3) is 0.0714. The van der Waals surface area contributed by atoms with Gasteiger partial charge in [0.1, 0.15) is 24.0 Å². The molecule has 3 N–H and O–H groups in total. The first kappa shape index (κ1) is 14.6. The van der Waals surface area contributed by atoms with Gasteiger partial charge in [0.05, 0.1) is 10.6 Å². The van der Waals surface area contributed by atoms with E-state index >= 15 is 0 Å². The summed E-state index contributed by atoms with van der Waals surface area (Å²) in [5.74, 6) is -0.301. The van der Waals surface area contributed by atoms with Gasteiger partial charge < -0.3 is 10.5 Å². The van der Waals surface area contributed by atoms with Crippen molar-refractivity contribution in [2.75, 3.05) is 0 Å². The second kappa shape index (κ2) is 6.11. The molecule has 0 aliphatic heterocycles. The lowest BCUT2D eigenvalue weighted by molar-refractivity contribution is 0.299. The molecule has 0 unspecified atom stereocenters. The van der Waals surface area contributed by atoms with Crippen molar-refractivity contribution in [1.29, 1.82) is 5.41 Å². The van der Waals surface area contributed by atoms with E-state index in [0.717, 1.165) is 0 Å². The molecule has 0 aromatic heterocycles. The van der Waals surface area contributed by atoms with Gasteiger partial charge in [-0.25, -0.2) is 4.39 Å². The summed E-state index contributed by atoms with van der Waals surface area (Å²) >= 11 is 11.8. The molecule has 20 heavy (non-hydrogen) atoms. The molecule has 0 aliphatic rings. The number of nitrogen functional groups attached to an aromatic ring is 1. The van der Waals surface area contributed by atoms with Crippen molar-refractivity contribution in [1.82, 2.24) is 0 Å². The van der Waals surface area contributed by atoms with Crippen molar-refractivity contribution in [3.63, 3.8) is 0 Å². The van der Waals surface area contributed by atoms with Crippen LogP contribution in [-0.2, 0) is 6.61 Å². The Morgan fingerprint density at radius 1 is 1.25 bits per heavy atom. The Kier molecular flexibility index (Phi) is 4.47. The summed E-state index contributed by atoms with van der Waals surface area (Å²) < 4.78 is 19.1. The van der Waals surface area contributed by atoms with Crippen molar-refractivity contribution >= 4 is 29.0 Å². The van der Waals surface area contributed by atoms with Crippen LogP contribution in [0.2, 0.25) is 10.0 Å². The normalized spacial score (nSPS) is 10.3. The SMILES string of the molecule is N=C(N)c1ccc(Cl)cc1OCc1c(F)cccc1Cl. The van der Waals surface area contributed by atoms with Crippen LogP contribution >= 0.6 is 23.2 Å². The molecular weight excluding hydrogens is 302 g/mol. The molecule has 6 heteroatoms. The van der Waals surface area contributed by atoms with Crippen LogP contribution in [0.5, 0.6) is 5.75 Å². The Hall–Kier alpha value is -1.78. The van der Waals surface area contributed by atoms with Gasteiger partial charge >= 0.3 is 0 Å². The van der Waals surface area contributed by atoms with Crippen LogP contribution in [0, 0.1) is 11.2 Å². The minimum atomic E-state index is -0.455. The Labute approximate surface area is 125 Å². The number of nitrogens with two attached hydrogens (primary N) is 1. The molecule has 0 saturated heterocycles. The molecule has 0 spiro atoms. The molecular formula is C14H11Cl2FN2O. The van der Waals surface area contributed by atoms with Crippen LogP contribution in [0.25, 0.3) is 0 Å². The summed E-state index contributed by atoms with van der Waals surface area (Å²) in [4.78, 5) is 0. The highest BCUT2D eigenvalue weighted by Gasteiger charge is 2.11. The zero-order valence-corrected chi connectivity index (χ0v) is 11.8. The number of amidine groups is 1. The first-order chi connectivity index (χ1) is 9.49. The largest absolute Gasteiger partial charge is 0.488 e. The molecule has 0 bridgehead atoms. The van der Waals surface area contributed by atoms with Gasteiger partial charge in [-0.05, 0) is 30.3 Å². The highest BCUT2D eigenvalue weighted by Crippen LogP contribution is 2.26. The number of ether oxygens (including phenoxy) is 1. The van der Waals surface area contributed by atoms with Crippen molar-refractivity contribution in [2.45, 2.75) is 6.61 Å². The zero-order chi connectivity index (χ0) is 14.7. The molecule has 0 amide bonds. The third-order valence-corrected chi connectivity index (χ3v) is 3.26. The second-order valence-corrected chi connectivity index (χ2v) is 4.89. The van der Waals surface area contributed by atoms with Gasteiger partial charge in [-0.3, -0.25) is 5.41 Å². The summed E-state index contributed by atoms with van der Waals surface area (Å²) in [5, 5.41) is 8.18. The highest BCUT2D eigenvalue weighted by atomic mass is 35.5. The molecule has 0 radical (unpaired) electrons. The Morgan fingerprint density at radius 3 is 2.65 bits per heavy atom. The third-order valence-electron chi connectivity index (χ3n) is 2.67. The summed E-state index contributed by atoms with van der Waals surface area (Å²) in [6.07, 6.45) is 0. The van der Waals surface area contributed by atoms with E-state index in [1.807, 2.05) is 0 Å². The number of hydrogen-bond donors (Lipinski definition) is 2. The number of rotatable bonds is 4. The molecule has 0 atom stereocenters. The maximum Gasteiger partial charge on any atom is 0.132 e. The molecule has 3 nitrogen and oxygen atoms in total. The average Bonchev–Trinajstić information content (AvgIpc) is 2.37. The lowest BCUT2D eigenvalue weighted by atomic mass is 10.2. The van der Waals surface area contributed by atoms with E-state index in [4.69, 9.17) is 39.1 Å².